The standard InChI is InChI=1S/C26H22ClN3O3/c1-16-5-4-6-20(14-16)25-28-24(29-30(25)22-12-7-17(2)13-18(22)3)26(32)33-15-23(31)19-8-10-21(27)11-9-19/h4-14H,15H2,1-3H3. The molecule has 0 aliphatic rings. The Hall–Kier alpha value is -3.77. The minimum Gasteiger partial charge on any atom is -0.451 e. The molecule has 0 saturated carbocycles. The first-order chi connectivity index (χ1) is 15.8. The van der Waals surface area contributed by atoms with E-state index in [1.165, 1.54) is 0 Å². The van der Waals surface area contributed by atoms with Gasteiger partial charge in [0.15, 0.2) is 18.2 Å². The number of aromatic nitrogens is 3. The van der Waals surface area contributed by atoms with Gasteiger partial charge in [0.05, 0.1) is 5.69 Å². The summed E-state index contributed by atoms with van der Waals surface area (Å²) in [5, 5.41) is 4.96. The highest BCUT2D eigenvalue weighted by molar-refractivity contribution is 6.30. The van der Waals surface area contributed by atoms with Crippen LogP contribution in [0.25, 0.3) is 17.1 Å². The van der Waals surface area contributed by atoms with Gasteiger partial charge in [-0.1, -0.05) is 53.1 Å². The van der Waals surface area contributed by atoms with Crippen molar-refractivity contribution in [2.75, 3.05) is 6.61 Å². The number of aryl methyl sites for hydroxylation is 3. The van der Waals surface area contributed by atoms with Gasteiger partial charge in [-0.3, -0.25) is 4.79 Å². The van der Waals surface area contributed by atoms with Crippen LogP contribution in [-0.4, -0.2) is 33.1 Å². The molecule has 166 valence electrons. The summed E-state index contributed by atoms with van der Waals surface area (Å²) >= 11 is 5.86. The molecule has 4 aromatic rings. The summed E-state index contributed by atoms with van der Waals surface area (Å²) < 4.78 is 6.87. The van der Waals surface area contributed by atoms with E-state index >= 15 is 0 Å². The summed E-state index contributed by atoms with van der Waals surface area (Å²) in [6.45, 7) is 5.56. The second-order valence-electron chi connectivity index (χ2n) is 7.84. The number of halogens is 1. The van der Waals surface area contributed by atoms with Gasteiger partial charge in [0.2, 0.25) is 0 Å². The Bertz CT molecular complexity index is 1340. The van der Waals surface area contributed by atoms with Gasteiger partial charge in [0.1, 0.15) is 0 Å². The third-order valence-corrected chi connectivity index (χ3v) is 5.40. The van der Waals surface area contributed by atoms with Gasteiger partial charge in [-0.25, -0.2) is 14.5 Å². The molecule has 1 heterocycles. The second kappa shape index (κ2) is 9.38. The molecule has 0 radical (unpaired) electrons. The maximum Gasteiger partial charge on any atom is 0.378 e. The van der Waals surface area contributed by atoms with E-state index in [0.717, 1.165) is 27.9 Å². The van der Waals surface area contributed by atoms with E-state index < -0.39 is 12.6 Å². The van der Waals surface area contributed by atoms with E-state index in [2.05, 4.69) is 10.1 Å². The molecule has 0 unspecified atom stereocenters. The molecular formula is C26H22ClN3O3. The molecule has 33 heavy (non-hydrogen) atoms. The summed E-state index contributed by atoms with van der Waals surface area (Å²) in [5.74, 6) is -0.709. The van der Waals surface area contributed by atoms with Crippen molar-refractivity contribution in [3.63, 3.8) is 0 Å². The molecule has 0 N–H and O–H groups in total. The number of ketones is 1. The molecule has 0 amide bonds. The number of nitrogens with zero attached hydrogens (tertiary/aromatic N) is 3. The largest absolute Gasteiger partial charge is 0.451 e. The van der Waals surface area contributed by atoms with Crippen molar-refractivity contribution >= 4 is 23.4 Å². The van der Waals surface area contributed by atoms with Crippen LogP contribution in [0.1, 0.15) is 37.7 Å². The predicted octanol–water partition coefficient (Wildman–Crippen LogP) is 5.55. The third-order valence-electron chi connectivity index (χ3n) is 5.15. The third kappa shape index (κ3) is 5.02. The summed E-state index contributed by atoms with van der Waals surface area (Å²) in [6, 6.07) is 20.1. The van der Waals surface area contributed by atoms with Crippen molar-refractivity contribution in [3.05, 3.63) is 99.8 Å². The lowest BCUT2D eigenvalue weighted by atomic mass is 10.1. The monoisotopic (exact) mass is 459 g/mol. The fraction of sp³-hybridized carbons (Fsp3) is 0.154. The number of carbonyl (C=O) groups is 2. The van der Waals surface area contributed by atoms with E-state index in [0.29, 0.717) is 16.4 Å². The van der Waals surface area contributed by atoms with Crippen LogP contribution < -0.4 is 0 Å². The zero-order valence-electron chi connectivity index (χ0n) is 18.5. The quantitative estimate of drug-likeness (QED) is 0.279. The molecule has 0 saturated heterocycles. The lowest BCUT2D eigenvalue weighted by Gasteiger charge is -2.10. The Morgan fingerprint density at radius 1 is 0.939 bits per heavy atom. The molecule has 0 aliphatic heterocycles. The van der Waals surface area contributed by atoms with Gasteiger partial charge < -0.3 is 4.74 Å². The minimum absolute atomic E-state index is 0.115. The normalized spacial score (nSPS) is 10.8. The predicted molar refractivity (Wildman–Crippen MR) is 127 cm³/mol. The molecule has 7 heteroatoms. The fourth-order valence-corrected chi connectivity index (χ4v) is 3.62. The van der Waals surface area contributed by atoms with Crippen LogP contribution in [0.3, 0.4) is 0 Å². The van der Waals surface area contributed by atoms with Crippen LogP contribution in [-0.2, 0) is 4.74 Å². The lowest BCUT2D eigenvalue weighted by molar-refractivity contribution is 0.0462. The van der Waals surface area contributed by atoms with Crippen molar-refractivity contribution in [1.29, 1.82) is 0 Å². The molecule has 1 aromatic heterocycles. The number of hydrogen-bond donors (Lipinski definition) is 0. The molecule has 0 atom stereocenters. The number of Topliss-reactive ketones (excluding diaryl/α,β-unsaturated/α-hetero) is 1. The van der Waals surface area contributed by atoms with E-state index in [-0.39, 0.29) is 11.6 Å². The summed E-state index contributed by atoms with van der Waals surface area (Å²) in [4.78, 5) is 29.6. The van der Waals surface area contributed by atoms with Crippen molar-refractivity contribution in [2.45, 2.75) is 20.8 Å². The molecule has 3 aromatic carbocycles. The Morgan fingerprint density at radius 2 is 1.67 bits per heavy atom. The number of ether oxygens (including phenoxy) is 1. The molecule has 0 aliphatic carbocycles. The summed E-state index contributed by atoms with van der Waals surface area (Å²) in [5.41, 5.74) is 5.20. The van der Waals surface area contributed by atoms with Gasteiger partial charge >= 0.3 is 5.97 Å². The molecule has 0 spiro atoms. The molecule has 0 fully saturated rings. The van der Waals surface area contributed by atoms with Crippen LogP contribution in [0.2, 0.25) is 5.02 Å². The van der Waals surface area contributed by atoms with E-state index in [1.807, 2.05) is 63.2 Å². The number of benzene rings is 3. The average Bonchev–Trinajstić information content (AvgIpc) is 3.23. The van der Waals surface area contributed by atoms with E-state index in [9.17, 15) is 9.59 Å². The highest BCUT2D eigenvalue weighted by Gasteiger charge is 2.22. The van der Waals surface area contributed by atoms with Gasteiger partial charge in [0, 0.05) is 16.1 Å². The maximum absolute atomic E-state index is 12.7. The molecule has 0 bridgehead atoms. The molecule has 6 nitrogen and oxygen atoms in total. The van der Waals surface area contributed by atoms with Crippen LogP contribution in [0, 0.1) is 20.8 Å². The van der Waals surface area contributed by atoms with Crippen LogP contribution in [0.15, 0.2) is 66.7 Å². The van der Waals surface area contributed by atoms with Crippen LogP contribution >= 0.6 is 11.6 Å². The van der Waals surface area contributed by atoms with Crippen LogP contribution in [0.4, 0.5) is 0 Å². The van der Waals surface area contributed by atoms with Gasteiger partial charge in [-0.2, -0.15) is 0 Å². The van der Waals surface area contributed by atoms with Crippen molar-refractivity contribution < 1.29 is 14.3 Å². The number of esters is 1. The topological polar surface area (TPSA) is 74.1 Å². The Labute approximate surface area is 196 Å². The Kier molecular flexibility index (Phi) is 6.38. The first-order valence-corrected chi connectivity index (χ1v) is 10.8. The zero-order chi connectivity index (χ0) is 23.5. The van der Waals surface area contributed by atoms with Gasteiger partial charge in [-0.05, 0) is 62.7 Å². The fourth-order valence-electron chi connectivity index (χ4n) is 3.50. The van der Waals surface area contributed by atoms with Crippen molar-refractivity contribution in [2.24, 2.45) is 0 Å². The Morgan fingerprint density at radius 3 is 2.36 bits per heavy atom. The summed E-state index contributed by atoms with van der Waals surface area (Å²) in [7, 11) is 0. The zero-order valence-corrected chi connectivity index (χ0v) is 19.3. The number of hydrogen-bond acceptors (Lipinski definition) is 5. The van der Waals surface area contributed by atoms with Crippen LogP contribution in [0.5, 0.6) is 0 Å². The van der Waals surface area contributed by atoms with E-state index in [1.54, 1.807) is 28.9 Å². The highest BCUT2D eigenvalue weighted by atomic mass is 35.5. The average molecular weight is 460 g/mol. The minimum atomic E-state index is -0.769. The van der Waals surface area contributed by atoms with E-state index in [4.69, 9.17) is 16.3 Å². The molecular weight excluding hydrogens is 438 g/mol. The lowest BCUT2D eigenvalue weighted by Crippen LogP contribution is -2.15. The first kappa shape index (κ1) is 22.4. The Balaban J connectivity index is 1.65. The molecule has 4 rings (SSSR count). The number of carbonyl (C=O) groups excluding carboxylic acids is 2. The number of rotatable bonds is 6. The van der Waals surface area contributed by atoms with Crippen molar-refractivity contribution in [1.82, 2.24) is 14.8 Å². The summed E-state index contributed by atoms with van der Waals surface area (Å²) in [6.07, 6.45) is 0. The SMILES string of the molecule is Cc1cccc(-c2nc(C(=O)OCC(=O)c3ccc(Cl)cc3)nn2-c2ccc(C)cc2C)c1. The highest BCUT2D eigenvalue weighted by Crippen LogP contribution is 2.25. The van der Waals surface area contributed by atoms with Gasteiger partial charge in [0.25, 0.3) is 5.82 Å². The maximum atomic E-state index is 12.7. The first-order valence-electron chi connectivity index (χ1n) is 10.4. The smallest absolute Gasteiger partial charge is 0.378 e. The van der Waals surface area contributed by atoms with Gasteiger partial charge in [-0.15, -0.1) is 5.10 Å². The second-order valence-corrected chi connectivity index (χ2v) is 8.27. The van der Waals surface area contributed by atoms with Crippen molar-refractivity contribution in [3.8, 4) is 17.1 Å².